The first-order valence-corrected chi connectivity index (χ1v) is 6.33. The Morgan fingerprint density at radius 2 is 2.22 bits per heavy atom. The third-order valence-corrected chi connectivity index (χ3v) is 3.21. The quantitative estimate of drug-likeness (QED) is 0.724. The highest BCUT2D eigenvalue weighted by Gasteiger charge is 2.18. The molecule has 0 radical (unpaired) electrons. The molecule has 1 fully saturated rings. The summed E-state index contributed by atoms with van der Waals surface area (Å²) in [6.07, 6.45) is 3.80. The zero-order valence-electron chi connectivity index (χ0n) is 10.8. The molecule has 18 heavy (non-hydrogen) atoms. The predicted octanol–water partition coefficient (Wildman–Crippen LogP) is 3.12. The van der Waals surface area contributed by atoms with Crippen molar-refractivity contribution in [3.8, 4) is 5.75 Å². The van der Waals surface area contributed by atoms with Gasteiger partial charge in [-0.15, -0.1) is 6.58 Å². The predicted molar refractivity (Wildman–Crippen MR) is 70.9 cm³/mol. The summed E-state index contributed by atoms with van der Waals surface area (Å²) in [5.41, 5.74) is 1.22. The monoisotopic (exact) mass is 248 g/mol. The fraction of sp³-hybridized carbons (Fsp3) is 0.467. The minimum Gasteiger partial charge on any atom is -0.497 e. The number of hydrogen-bond donors (Lipinski definition) is 0. The molecule has 0 unspecified atom stereocenters. The van der Waals surface area contributed by atoms with Gasteiger partial charge in [-0.05, 0) is 30.5 Å². The van der Waals surface area contributed by atoms with Crippen LogP contribution >= 0.6 is 0 Å². The Hall–Kier alpha value is -1.32. The molecule has 0 N–H and O–H groups in total. The molecule has 3 heteroatoms. The highest BCUT2D eigenvalue weighted by atomic mass is 16.7. The van der Waals surface area contributed by atoms with E-state index in [4.69, 9.17) is 14.2 Å². The maximum atomic E-state index is 5.45. The van der Waals surface area contributed by atoms with E-state index in [1.54, 1.807) is 7.11 Å². The molecule has 2 rings (SSSR count). The molecule has 1 heterocycles. The molecule has 1 aromatic rings. The standard InChI is InChI=1S/C15H20O3/c1-3-12(7-8-15-17-9-10-18-15)13-5-4-6-14(11-13)16-2/h3-6,11-12,15H,1,7-10H2,2H3/t12-/m0/s1. The first-order chi connectivity index (χ1) is 8.83. The van der Waals surface area contributed by atoms with Crippen LogP contribution in [0.15, 0.2) is 36.9 Å². The molecule has 98 valence electrons. The molecular weight excluding hydrogens is 228 g/mol. The van der Waals surface area contributed by atoms with E-state index < -0.39 is 0 Å². The van der Waals surface area contributed by atoms with E-state index in [1.807, 2.05) is 18.2 Å². The van der Waals surface area contributed by atoms with Crippen LogP contribution in [0.3, 0.4) is 0 Å². The lowest BCUT2D eigenvalue weighted by Gasteiger charge is -2.16. The fourth-order valence-corrected chi connectivity index (χ4v) is 2.18. The van der Waals surface area contributed by atoms with Crippen molar-refractivity contribution in [2.75, 3.05) is 20.3 Å². The zero-order valence-corrected chi connectivity index (χ0v) is 10.8. The minimum atomic E-state index is -0.0435. The highest BCUT2D eigenvalue weighted by molar-refractivity contribution is 5.32. The Morgan fingerprint density at radius 1 is 1.44 bits per heavy atom. The molecular formula is C15H20O3. The first-order valence-electron chi connectivity index (χ1n) is 6.33. The molecule has 1 aliphatic heterocycles. The van der Waals surface area contributed by atoms with Crippen LogP contribution in [0, 0.1) is 0 Å². The van der Waals surface area contributed by atoms with Gasteiger partial charge in [0, 0.05) is 5.92 Å². The summed E-state index contributed by atoms with van der Waals surface area (Å²) in [4.78, 5) is 0. The molecule has 0 spiro atoms. The van der Waals surface area contributed by atoms with Gasteiger partial charge in [0.2, 0.25) is 0 Å². The highest BCUT2D eigenvalue weighted by Crippen LogP contribution is 2.27. The minimum absolute atomic E-state index is 0.0435. The van der Waals surface area contributed by atoms with Crippen molar-refractivity contribution in [2.24, 2.45) is 0 Å². The van der Waals surface area contributed by atoms with Crippen molar-refractivity contribution >= 4 is 0 Å². The summed E-state index contributed by atoms with van der Waals surface area (Å²) in [7, 11) is 1.68. The molecule has 1 aliphatic rings. The van der Waals surface area contributed by atoms with Crippen molar-refractivity contribution in [1.29, 1.82) is 0 Å². The fourth-order valence-electron chi connectivity index (χ4n) is 2.18. The van der Waals surface area contributed by atoms with Gasteiger partial charge in [-0.2, -0.15) is 0 Å². The largest absolute Gasteiger partial charge is 0.497 e. The summed E-state index contributed by atoms with van der Waals surface area (Å²) in [5, 5.41) is 0. The van der Waals surface area contributed by atoms with Crippen LogP contribution in [0.5, 0.6) is 5.75 Å². The Bertz CT molecular complexity index is 383. The van der Waals surface area contributed by atoms with E-state index in [0.29, 0.717) is 19.1 Å². The molecule has 1 saturated heterocycles. The molecule has 0 aromatic heterocycles. The van der Waals surface area contributed by atoms with Crippen LogP contribution in [0.1, 0.15) is 24.3 Å². The Labute approximate surface area is 108 Å². The van der Waals surface area contributed by atoms with Crippen LogP contribution in [0.4, 0.5) is 0 Å². The van der Waals surface area contributed by atoms with E-state index in [9.17, 15) is 0 Å². The first kappa shape index (κ1) is 13.1. The molecule has 0 amide bonds. The summed E-state index contributed by atoms with van der Waals surface area (Å²) < 4.78 is 16.1. The number of benzene rings is 1. The molecule has 0 bridgehead atoms. The lowest BCUT2D eigenvalue weighted by Crippen LogP contribution is -2.09. The third kappa shape index (κ3) is 3.34. The smallest absolute Gasteiger partial charge is 0.157 e. The second-order valence-electron chi connectivity index (χ2n) is 4.37. The van der Waals surface area contributed by atoms with Crippen molar-refractivity contribution in [3.05, 3.63) is 42.5 Å². The van der Waals surface area contributed by atoms with Crippen LogP contribution < -0.4 is 4.74 Å². The van der Waals surface area contributed by atoms with Gasteiger partial charge in [0.1, 0.15) is 5.75 Å². The van der Waals surface area contributed by atoms with Gasteiger partial charge in [-0.3, -0.25) is 0 Å². The van der Waals surface area contributed by atoms with Gasteiger partial charge >= 0.3 is 0 Å². The van der Waals surface area contributed by atoms with Gasteiger partial charge in [0.25, 0.3) is 0 Å². The molecule has 1 atom stereocenters. The Morgan fingerprint density at radius 3 is 2.89 bits per heavy atom. The van der Waals surface area contributed by atoms with E-state index in [-0.39, 0.29) is 6.29 Å². The second kappa shape index (κ2) is 6.57. The van der Waals surface area contributed by atoms with Crippen molar-refractivity contribution in [2.45, 2.75) is 25.0 Å². The summed E-state index contributed by atoms with van der Waals surface area (Å²) in [6, 6.07) is 8.12. The van der Waals surface area contributed by atoms with Gasteiger partial charge in [-0.25, -0.2) is 0 Å². The maximum Gasteiger partial charge on any atom is 0.157 e. The lowest BCUT2D eigenvalue weighted by atomic mass is 9.94. The number of allylic oxidation sites excluding steroid dienone is 1. The van der Waals surface area contributed by atoms with Crippen LogP contribution in [0.25, 0.3) is 0 Å². The lowest BCUT2D eigenvalue weighted by molar-refractivity contribution is -0.0481. The van der Waals surface area contributed by atoms with Gasteiger partial charge in [0.05, 0.1) is 20.3 Å². The normalized spacial score (nSPS) is 17.6. The van der Waals surface area contributed by atoms with E-state index >= 15 is 0 Å². The maximum absolute atomic E-state index is 5.45. The van der Waals surface area contributed by atoms with Crippen molar-refractivity contribution in [1.82, 2.24) is 0 Å². The SMILES string of the molecule is C=C[C@@H](CCC1OCCO1)c1cccc(OC)c1. The summed E-state index contributed by atoms with van der Waals surface area (Å²) >= 11 is 0. The van der Waals surface area contributed by atoms with Crippen molar-refractivity contribution in [3.63, 3.8) is 0 Å². The average Bonchev–Trinajstić information content (AvgIpc) is 2.93. The van der Waals surface area contributed by atoms with Crippen LogP contribution in [0.2, 0.25) is 0 Å². The number of hydrogen-bond acceptors (Lipinski definition) is 3. The van der Waals surface area contributed by atoms with Crippen LogP contribution in [-0.4, -0.2) is 26.6 Å². The Kier molecular flexibility index (Phi) is 4.79. The van der Waals surface area contributed by atoms with Gasteiger partial charge in [-0.1, -0.05) is 18.2 Å². The van der Waals surface area contributed by atoms with Crippen molar-refractivity contribution < 1.29 is 14.2 Å². The van der Waals surface area contributed by atoms with E-state index in [0.717, 1.165) is 18.6 Å². The third-order valence-electron chi connectivity index (χ3n) is 3.21. The van der Waals surface area contributed by atoms with E-state index in [1.165, 1.54) is 5.56 Å². The number of ether oxygens (including phenoxy) is 3. The second-order valence-corrected chi connectivity index (χ2v) is 4.37. The topological polar surface area (TPSA) is 27.7 Å². The van der Waals surface area contributed by atoms with Gasteiger partial charge < -0.3 is 14.2 Å². The number of methoxy groups -OCH3 is 1. The zero-order chi connectivity index (χ0) is 12.8. The Balaban J connectivity index is 1.95. The summed E-state index contributed by atoms with van der Waals surface area (Å²) in [6.45, 7) is 5.34. The molecule has 1 aromatic carbocycles. The van der Waals surface area contributed by atoms with E-state index in [2.05, 4.69) is 18.7 Å². The molecule has 3 nitrogen and oxygen atoms in total. The van der Waals surface area contributed by atoms with Crippen LogP contribution in [-0.2, 0) is 9.47 Å². The van der Waals surface area contributed by atoms with Gasteiger partial charge in [0.15, 0.2) is 6.29 Å². The average molecular weight is 248 g/mol. The number of rotatable bonds is 6. The molecule has 0 saturated carbocycles. The summed E-state index contributed by atoms with van der Waals surface area (Å²) in [5.74, 6) is 1.20. The molecule has 0 aliphatic carbocycles.